The maximum absolute atomic E-state index is 5.67. The maximum atomic E-state index is 5.67. The molecule has 5 nitrogen and oxygen atoms in total. The number of nitrogens with zero attached hydrogens (tertiary/aromatic N) is 3. The average Bonchev–Trinajstić information content (AvgIpc) is 2.28. The van der Waals surface area contributed by atoms with Crippen molar-refractivity contribution in [3.63, 3.8) is 0 Å². The molecule has 0 radical (unpaired) electrons. The Balaban J connectivity index is 2.16. The van der Waals surface area contributed by atoms with Crippen molar-refractivity contribution in [3.8, 4) is 0 Å². The van der Waals surface area contributed by atoms with E-state index in [1.54, 1.807) is 12.3 Å². The molecule has 0 aliphatic rings. The van der Waals surface area contributed by atoms with E-state index in [0.29, 0.717) is 17.5 Å². The normalized spacial score (nSPS) is 12.1. The van der Waals surface area contributed by atoms with E-state index >= 15 is 0 Å². The van der Waals surface area contributed by atoms with Crippen LogP contribution in [0.25, 0.3) is 0 Å². The molecular formula is C12H15N5. The lowest BCUT2D eigenvalue weighted by Crippen LogP contribution is -2.10. The summed E-state index contributed by atoms with van der Waals surface area (Å²) in [5, 5.41) is 3.25. The van der Waals surface area contributed by atoms with Crippen LogP contribution in [-0.4, -0.2) is 15.0 Å². The minimum atomic E-state index is 0.0740. The van der Waals surface area contributed by atoms with Gasteiger partial charge in [-0.25, -0.2) is 9.97 Å². The molecule has 0 amide bonds. The van der Waals surface area contributed by atoms with Gasteiger partial charge in [-0.15, -0.1) is 0 Å². The summed E-state index contributed by atoms with van der Waals surface area (Å²) >= 11 is 0. The minimum absolute atomic E-state index is 0.0740. The van der Waals surface area contributed by atoms with E-state index in [4.69, 9.17) is 5.73 Å². The van der Waals surface area contributed by atoms with E-state index in [2.05, 4.69) is 20.3 Å². The van der Waals surface area contributed by atoms with Gasteiger partial charge in [0, 0.05) is 12.3 Å². The van der Waals surface area contributed by atoms with E-state index in [0.717, 1.165) is 5.69 Å². The number of nitrogen functional groups attached to an aromatic ring is 1. The number of nitrogens with one attached hydrogen (secondary N) is 1. The zero-order chi connectivity index (χ0) is 12.3. The van der Waals surface area contributed by atoms with Crippen LogP contribution in [0.2, 0.25) is 0 Å². The molecule has 0 aromatic carbocycles. The van der Waals surface area contributed by atoms with Crippen LogP contribution < -0.4 is 11.1 Å². The van der Waals surface area contributed by atoms with Crippen molar-refractivity contribution in [1.82, 2.24) is 15.0 Å². The molecular weight excluding hydrogens is 214 g/mol. The van der Waals surface area contributed by atoms with Gasteiger partial charge in [0.2, 0.25) is 0 Å². The smallest absolute Gasteiger partial charge is 0.132 e. The van der Waals surface area contributed by atoms with Crippen molar-refractivity contribution in [2.45, 2.75) is 19.9 Å². The van der Waals surface area contributed by atoms with Crippen molar-refractivity contribution < 1.29 is 0 Å². The summed E-state index contributed by atoms with van der Waals surface area (Å²) in [6.07, 6.45) is 1.77. The lowest BCUT2D eigenvalue weighted by atomic mass is 10.2. The molecule has 0 saturated carbocycles. The molecule has 2 aromatic rings. The van der Waals surface area contributed by atoms with Gasteiger partial charge in [-0.1, -0.05) is 6.07 Å². The SMILES string of the molecule is Cc1nc(N)cc(NC(C)c2ccccn2)n1. The lowest BCUT2D eigenvalue weighted by molar-refractivity contribution is 0.828. The highest BCUT2D eigenvalue weighted by Gasteiger charge is 2.07. The summed E-state index contributed by atoms with van der Waals surface area (Å²) in [6.45, 7) is 3.84. The third kappa shape index (κ3) is 2.90. The molecule has 0 spiro atoms. The molecule has 3 N–H and O–H groups in total. The number of aromatic nitrogens is 3. The van der Waals surface area contributed by atoms with Crippen LogP contribution in [0.5, 0.6) is 0 Å². The Labute approximate surface area is 100 Å². The van der Waals surface area contributed by atoms with Gasteiger partial charge in [-0.05, 0) is 26.0 Å². The van der Waals surface area contributed by atoms with Crippen molar-refractivity contribution in [2.24, 2.45) is 0 Å². The van der Waals surface area contributed by atoms with Crippen molar-refractivity contribution in [1.29, 1.82) is 0 Å². The Kier molecular flexibility index (Phi) is 3.18. The Bertz CT molecular complexity index is 477. The summed E-state index contributed by atoms with van der Waals surface area (Å²) in [5.41, 5.74) is 6.63. The topological polar surface area (TPSA) is 76.7 Å². The van der Waals surface area contributed by atoms with Gasteiger partial charge in [-0.2, -0.15) is 0 Å². The number of anilines is 2. The number of pyridine rings is 1. The first-order chi connectivity index (χ1) is 8.15. The molecule has 0 fully saturated rings. The molecule has 0 bridgehead atoms. The highest BCUT2D eigenvalue weighted by molar-refractivity contribution is 5.45. The Morgan fingerprint density at radius 2 is 2.12 bits per heavy atom. The van der Waals surface area contributed by atoms with Crippen LogP contribution in [0.3, 0.4) is 0 Å². The van der Waals surface area contributed by atoms with Crippen molar-refractivity contribution >= 4 is 11.6 Å². The molecule has 1 unspecified atom stereocenters. The summed E-state index contributed by atoms with van der Waals surface area (Å²) in [4.78, 5) is 12.6. The average molecular weight is 229 g/mol. The fourth-order valence-corrected chi connectivity index (χ4v) is 1.59. The number of hydrogen-bond donors (Lipinski definition) is 2. The number of rotatable bonds is 3. The second kappa shape index (κ2) is 4.78. The summed E-state index contributed by atoms with van der Waals surface area (Å²) in [5.74, 6) is 1.84. The molecule has 1 atom stereocenters. The summed E-state index contributed by atoms with van der Waals surface area (Å²) in [7, 11) is 0. The van der Waals surface area contributed by atoms with Crippen molar-refractivity contribution in [2.75, 3.05) is 11.1 Å². The van der Waals surface area contributed by atoms with E-state index < -0.39 is 0 Å². The second-order valence-corrected chi connectivity index (χ2v) is 3.85. The van der Waals surface area contributed by atoms with E-state index in [9.17, 15) is 0 Å². The van der Waals surface area contributed by atoms with E-state index in [-0.39, 0.29) is 6.04 Å². The fraction of sp³-hybridized carbons (Fsp3) is 0.250. The Morgan fingerprint density at radius 3 is 2.76 bits per heavy atom. The Hall–Kier alpha value is -2.17. The quantitative estimate of drug-likeness (QED) is 0.841. The largest absolute Gasteiger partial charge is 0.384 e. The fourth-order valence-electron chi connectivity index (χ4n) is 1.59. The molecule has 17 heavy (non-hydrogen) atoms. The summed E-state index contributed by atoms with van der Waals surface area (Å²) in [6, 6.07) is 7.61. The van der Waals surface area contributed by atoms with Gasteiger partial charge in [0.25, 0.3) is 0 Å². The lowest BCUT2D eigenvalue weighted by Gasteiger charge is -2.14. The van der Waals surface area contributed by atoms with Crippen LogP contribution in [-0.2, 0) is 0 Å². The zero-order valence-corrected chi connectivity index (χ0v) is 9.88. The van der Waals surface area contributed by atoms with Gasteiger partial charge in [0.1, 0.15) is 17.5 Å². The van der Waals surface area contributed by atoms with Gasteiger partial charge < -0.3 is 11.1 Å². The van der Waals surface area contributed by atoms with Gasteiger partial charge in [-0.3, -0.25) is 4.98 Å². The third-order valence-electron chi connectivity index (χ3n) is 2.35. The van der Waals surface area contributed by atoms with E-state index in [1.807, 2.05) is 32.0 Å². The van der Waals surface area contributed by atoms with Crippen LogP contribution in [0.1, 0.15) is 24.5 Å². The van der Waals surface area contributed by atoms with Crippen LogP contribution in [0.4, 0.5) is 11.6 Å². The highest BCUT2D eigenvalue weighted by atomic mass is 15.1. The van der Waals surface area contributed by atoms with Crippen LogP contribution >= 0.6 is 0 Å². The highest BCUT2D eigenvalue weighted by Crippen LogP contribution is 2.16. The molecule has 2 heterocycles. The Morgan fingerprint density at radius 1 is 1.29 bits per heavy atom. The van der Waals surface area contributed by atoms with Gasteiger partial charge in [0.15, 0.2) is 0 Å². The number of hydrogen-bond acceptors (Lipinski definition) is 5. The first-order valence-corrected chi connectivity index (χ1v) is 5.44. The molecule has 0 aliphatic carbocycles. The number of aryl methyl sites for hydroxylation is 1. The first kappa shape index (κ1) is 11.3. The molecule has 2 aromatic heterocycles. The maximum Gasteiger partial charge on any atom is 0.132 e. The van der Waals surface area contributed by atoms with Gasteiger partial charge >= 0.3 is 0 Å². The first-order valence-electron chi connectivity index (χ1n) is 5.44. The minimum Gasteiger partial charge on any atom is -0.384 e. The van der Waals surface area contributed by atoms with Crippen molar-refractivity contribution in [3.05, 3.63) is 42.0 Å². The number of nitrogens with two attached hydrogens (primary N) is 1. The molecule has 5 heteroatoms. The summed E-state index contributed by atoms with van der Waals surface area (Å²) < 4.78 is 0. The molecule has 2 rings (SSSR count). The van der Waals surface area contributed by atoms with Crippen LogP contribution in [0, 0.1) is 6.92 Å². The monoisotopic (exact) mass is 229 g/mol. The standard InChI is InChI=1S/C12H15N5/c1-8(10-5-3-4-6-14-10)15-12-7-11(13)16-9(2)17-12/h3-8H,1-2H3,(H3,13,15,16,17). The third-order valence-corrected chi connectivity index (χ3v) is 2.35. The van der Waals surface area contributed by atoms with E-state index in [1.165, 1.54) is 0 Å². The second-order valence-electron chi connectivity index (χ2n) is 3.85. The van der Waals surface area contributed by atoms with Crippen LogP contribution in [0.15, 0.2) is 30.5 Å². The molecule has 0 aliphatic heterocycles. The zero-order valence-electron chi connectivity index (χ0n) is 9.88. The van der Waals surface area contributed by atoms with Gasteiger partial charge in [0.05, 0.1) is 11.7 Å². The predicted octanol–water partition coefficient (Wildman–Crippen LogP) is 1.94. The molecule has 0 saturated heterocycles. The molecule has 88 valence electrons. The predicted molar refractivity (Wildman–Crippen MR) is 67.5 cm³/mol.